The number of carbonyl (C=O) groups excluding carboxylic acids is 1. The van der Waals surface area contributed by atoms with Crippen LogP contribution >= 0.6 is 0 Å². The van der Waals surface area contributed by atoms with Crippen LogP contribution in [-0.2, 0) is 24.2 Å². The quantitative estimate of drug-likeness (QED) is 0.446. The molecule has 0 saturated carbocycles. The average Bonchev–Trinajstić information content (AvgIpc) is 3.42. The molecule has 1 aliphatic heterocycles. The van der Waals surface area contributed by atoms with E-state index in [2.05, 4.69) is 84.6 Å². The first-order valence-electron chi connectivity index (χ1n) is 12.2. The third-order valence-corrected chi connectivity index (χ3v) is 6.86. The third kappa shape index (κ3) is 5.68. The summed E-state index contributed by atoms with van der Waals surface area (Å²) in [7, 11) is 1.73. The minimum atomic E-state index is 0.178. The van der Waals surface area contributed by atoms with Gasteiger partial charge in [-0.05, 0) is 47.2 Å². The number of carbonyl (C=O) groups is 1. The molecule has 0 bridgehead atoms. The summed E-state index contributed by atoms with van der Waals surface area (Å²) in [5.41, 5.74) is 5.55. The van der Waals surface area contributed by atoms with Gasteiger partial charge in [0.05, 0.1) is 7.11 Å². The van der Waals surface area contributed by atoms with Crippen molar-refractivity contribution in [1.82, 2.24) is 4.90 Å². The lowest BCUT2D eigenvalue weighted by atomic mass is 9.90. The molecule has 3 aromatic rings. The first-order valence-corrected chi connectivity index (χ1v) is 12.2. The van der Waals surface area contributed by atoms with E-state index in [1.807, 2.05) is 0 Å². The van der Waals surface area contributed by atoms with Gasteiger partial charge >= 0.3 is 0 Å². The molecule has 0 amide bonds. The second-order valence-electron chi connectivity index (χ2n) is 9.33. The number of benzene rings is 3. The highest BCUT2D eigenvalue weighted by Gasteiger charge is 2.31. The van der Waals surface area contributed by atoms with Crippen molar-refractivity contribution in [2.45, 2.75) is 45.3 Å². The molecule has 1 fully saturated rings. The highest BCUT2D eigenvalue weighted by Crippen LogP contribution is 2.39. The maximum absolute atomic E-state index is 8.81. The van der Waals surface area contributed by atoms with Crippen molar-refractivity contribution in [2.75, 3.05) is 20.2 Å². The number of ether oxygens (including phenoxy) is 2. The monoisotopic (exact) mass is 457 g/mol. The van der Waals surface area contributed by atoms with Crippen molar-refractivity contribution in [1.29, 1.82) is 0 Å². The van der Waals surface area contributed by atoms with Crippen molar-refractivity contribution in [2.24, 2.45) is 5.92 Å². The SMILES string of the molecule is CC=O.COc1ccc(C2CN(Cc3ccccc3)C[C@@H]2C)cc1OC1Cc2ccccc2C1. The summed E-state index contributed by atoms with van der Waals surface area (Å²) < 4.78 is 12.1. The van der Waals surface area contributed by atoms with Gasteiger partial charge in [-0.3, -0.25) is 4.90 Å². The van der Waals surface area contributed by atoms with Crippen LogP contribution in [0.5, 0.6) is 11.5 Å². The Labute approximate surface area is 203 Å². The number of hydrogen-bond donors (Lipinski definition) is 0. The Morgan fingerprint density at radius 2 is 1.56 bits per heavy atom. The number of aldehydes is 1. The Hall–Kier alpha value is -3.11. The third-order valence-electron chi connectivity index (χ3n) is 6.86. The van der Waals surface area contributed by atoms with Crippen LogP contribution in [-0.4, -0.2) is 37.5 Å². The molecule has 1 heterocycles. The van der Waals surface area contributed by atoms with Gasteiger partial charge in [-0.15, -0.1) is 0 Å². The molecule has 34 heavy (non-hydrogen) atoms. The fraction of sp³-hybridized carbons (Fsp3) is 0.367. The van der Waals surface area contributed by atoms with Gasteiger partial charge in [0.15, 0.2) is 11.5 Å². The first kappa shape index (κ1) is 24.0. The van der Waals surface area contributed by atoms with Crippen molar-refractivity contribution in [3.05, 3.63) is 95.1 Å². The minimum absolute atomic E-state index is 0.178. The van der Waals surface area contributed by atoms with E-state index < -0.39 is 0 Å². The lowest BCUT2D eigenvalue weighted by molar-refractivity contribution is -0.106. The molecule has 0 radical (unpaired) electrons. The Kier molecular flexibility index (Phi) is 8.02. The van der Waals surface area contributed by atoms with Crippen LogP contribution < -0.4 is 9.47 Å². The molecule has 4 heteroatoms. The van der Waals surface area contributed by atoms with Gasteiger partial charge in [-0.25, -0.2) is 0 Å². The van der Waals surface area contributed by atoms with Crippen LogP contribution in [0.15, 0.2) is 72.8 Å². The molecule has 5 rings (SSSR count). The van der Waals surface area contributed by atoms with Crippen molar-refractivity contribution < 1.29 is 14.3 Å². The van der Waals surface area contributed by atoms with E-state index in [0.29, 0.717) is 11.8 Å². The fourth-order valence-electron chi connectivity index (χ4n) is 5.27. The van der Waals surface area contributed by atoms with Gasteiger partial charge in [-0.2, -0.15) is 0 Å². The Morgan fingerprint density at radius 1 is 0.912 bits per heavy atom. The van der Waals surface area contributed by atoms with Gasteiger partial charge < -0.3 is 14.3 Å². The molecular weight excluding hydrogens is 422 g/mol. The molecule has 0 aromatic heterocycles. The van der Waals surface area contributed by atoms with Crippen molar-refractivity contribution >= 4 is 6.29 Å². The first-order chi connectivity index (χ1) is 16.6. The number of likely N-dealkylation sites (tertiary alicyclic amines) is 1. The normalized spacial score (nSPS) is 19.7. The highest BCUT2D eigenvalue weighted by molar-refractivity contribution is 5.45. The number of methoxy groups -OCH3 is 1. The molecular formula is C30H35NO3. The number of nitrogens with zero attached hydrogens (tertiary/aromatic N) is 1. The second-order valence-corrected chi connectivity index (χ2v) is 9.33. The molecule has 178 valence electrons. The predicted octanol–water partition coefficient (Wildman–Crippen LogP) is 5.68. The molecule has 0 N–H and O–H groups in total. The van der Waals surface area contributed by atoms with Gasteiger partial charge in [0.25, 0.3) is 0 Å². The largest absolute Gasteiger partial charge is 0.493 e. The Bertz CT molecular complexity index is 1060. The van der Waals surface area contributed by atoms with Crippen LogP contribution in [0.3, 0.4) is 0 Å². The summed E-state index contributed by atoms with van der Waals surface area (Å²) in [5.74, 6) is 2.83. The molecule has 4 nitrogen and oxygen atoms in total. The average molecular weight is 458 g/mol. The molecule has 3 aromatic carbocycles. The van der Waals surface area contributed by atoms with E-state index >= 15 is 0 Å². The van der Waals surface area contributed by atoms with Gasteiger partial charge in [0, 0.05) is 38.4 Å². The summed E-state index contributed by atoms with van der Waals surface area (Å²) in [6, 6.07) is 26.0. The molecule has 2 atom stereocenters. The lowest BCUT2D eigenvalue weighted by Crippen LogP contribution is -2.20. The van der Waals surface area contributed by atoms with E-state index in [0.717, 1.165) is 50.3 Å². The maximum atomic E-state index is 8.81. The van der Waals surface area contributed by atoms with Gasteiger partial charge in [0.2, 0.25) is 0 Å². The summed E-state index contributed by atoms with van der Waals surface area (Å²) in [6.45, 7) is 7.03. The summed E-state index contributed by atoms with van der Waals surface area (Å²) in [6.07, 6.45) is 2.86. The standard InChI is InChI=1S/C28H31NO2.C2H4O/c1-20-17-29(18-21-8-4-3-5-9-21)19-26(20)24-12-13-27(30-2)28(16-24)31-25-14-22-10-6-7-11-23(22)15-25;1-2-3/h3-13,16,20,25-26H,14-15,17-19H2,1-2H3;2H,1H3/t20-,26?;/m0./s1. The maximum Gasteiger partial charge on any atom is 0.161 e. The number of fused-ring (bicyclic) bond motifs is 1. The van der Waals surface area contributed by atoms with Crippen LogP contribution in [0, 0.1) is 5.92 Å². The molecule has 0 spiro atoms. The van der Waals surface area contributed by atoms with E-state index in [4.69, 9.17) is 14.3 Å². The Morgan fingerprint density at radius 3 is 2.21 bits per heavy atom. The lowest BCUT2D eigenvalue weighted by Gasteiger charge is -2.20. The predicted molar refractivity (Wildman–Crippen MR) is 137 cm³/mol. The zero-order valence-electron chi connectivity index (χ0n) is 20.4. The fourth-order valence-corrected chi connectivity index (χ4v) is 5.27. The number of rotatable bonds is 6. The molecule has 2 aliphatic rings. The smallest absolute Gasteiger partial charge is 0.161 e. The molecule has 1 saturated heterocycles. The molecule has 1 unspecified atom stereocenters. The number of hydrogen-bond acceptors (Lipinski definition) is 4. The topological polar surface area (TPSA) is 38.8 Å². The van der Waals surface area contributed by atoms with E-state index in [1.165, 1.54) is 29.2 Å². The van der Waals surface area contributed by atoms with Crippen LogP contribution in [0.25, 0.3) is 0 Å². The Balaban J connectivity index is 0.000000868. The van der Waals surface area contributed by atoms with Crippen LogP contribution in [0.1, 0.15) is 42.0 Å². The van der Waals surface area contributed by atoms with Gasteiger partial charge in [-0.1, -0.05) is 67.6 Å². The highest BCUT2D eigenvalue weighted by atomic mass is 16.5. The van der Waals surface area contributed by atoms with Crippen LogP contribution in [0.2, 0.25) is 0 Å². The van der Waals surface area contributed by atoms with Crippen LogP contribution in [0.4, 0.5) is 0 Å². The summed E-state index contributed by atoms with van der Waals surface area (Å²) in [5, 5.41) is 0. The van der Waals surface area contributed by atoms with Crippen molar-refractivity contribution in [3.8, 4) is 11.5 Å². The summed E-state index contributed by atoms with van der Waals surface area (Å²) in [4.78, 5) is 11.4. The van der Waals surface area contributed by atoms with E-state index in [-0.39, 0.29) is 6.10 Å². The zero-order chi connectivity index (χ0) is 23.9. The minimum Gasteiger partial charge on any atom is -0.493 e. The van der Waals surface area contributed by atoms with Crippen molar-refractivity contribution in [3.63, 3.8) is 0 Å². The molecule has 1 aliphatic carbocycles. The van der Waals surface area contributed by atoms with E-state index in [1.54, 1.807) is 7.11 Å². The summed E-state index contributed by atoms with van der Waals surface area (Å²) >= 11 is 0. The second kappa shape index (κ2) is 11.3. The van der Waals surface area contributed by atoms with E-state index in [9.17, 15) is 0 Å². The zero-order valence-corrected chi connectivity index (χ0v) is 20.4. The van der Waals surface area contributed by atoms with Gasteiger partial charge in [0.1, 0.15) is 12.4 Å².